The smallest absolute Gasteiger partial charge is 0.230 e. The van der Waals surface area contributed by atoms with Crippen molar-refractivity contribution in [2.24, 2.45) is 5.73 Å². The summed E-state index contributed by atoms with van der Waals surface area (Å²) in [4.78, 5) is 4.59. The van der Waals surface area contributed by atoms with Gasteiger partial charge in [-0.05, 0) is 43.0 Å². The Labute approximate surface area is 123 Å². The van der Waals surface area contributed by atoms with Crippen molar-refractivity contribution in [2.45, 2.75) is 44.1 Å². The quantitative estimate of drug-likeness (QED) is 0.918. The average Bonchev–Trinajstić information content (AvgIpc) is 3.15. The van der Waals surface area contributed by atoms with Crippen molar-refractivity contribution in [1.29, 1.82) is 0 Å². The minimum Gasteiger partial charge on any atom is -0.493 e. The number of aromatic nitrogens is 2. The summed E-state index contributed by atoms with van der Waals surface area (Å²) in [5.41, 5.74) is 8.25. The van der Waals surface area contributed by atoms with E-state index in [1.165, 1.54) is 5.56 Å². The SMILES string of the molecule is NC1CCCC(c2nc(-c3ccc4c(c3)CCO4)no2)C1. The number of nitrogens with two attached hydrogens (primary N) is 1. The Kier molecular flexibility index (Phi) is 3.15. The molecule has 110 valence electrons. The molecule has 0 radical (unpaired) electrons. The average molecular weight is 285 g/mol. The lowest BCUT2D eigenvalue weighted by molar-refractivity contribution is 0.299. The Hall–Kier alpha value is -1.88. The molecular formula is C16H19N3O2. The van der Waals surface area contributed by atoms with Crippen LogP contribution < -0.4 is 10.5 Å². The first kappa shape index (κ1) is 12.8. The fourth-order valence-corrected chi connectivity index (χ4v) is 3.30. The van der Waals surface area contributed by atoms with Crippen molar-refractivity contribution >= 4 is 0 Å². The third kappa shape index (κ3) is 2.42. The lowest BCUT2D eigenvalue weighted by Crippen LogP contribution is -2.26. The minimum absolute atomic E-state index is 0.260. The van der Waals surface area contributed by atoms with E-state index in [0.29, 0.717) is 11.7 Å². The van der Waals surface area contributed by atoms with E-state index < -0.39 is 0 Å². The van der Waals surface area contributed by atoms with Gasteiger partial charge in [-0.25, -0.2) is 0 Å². The van der Waals surface area contributed by atoms with Gasteiger partial charge in [0.25, 0.3) is 0 Å². The van der Waals surface area contributed by atoms with Crippen molar-refractivity contribution in [3.63, 3.8) is 0 Å². The van der Waals surface area contributed by atoms with E-state index in [1.54, 1.807) is 0 Å². The molecule has 2 heterocycles. The molecule has 2 atom stereocenters. The summed E-state index contributed by atoms with van der Waals surface area (Å²) in [6.45, 7) is 0.760. The maximum Gasteiger partial charge on any atom is 0.230 e. The van der Waals surface area contributed by atoms with Crippen LogP contribution >= 0.6 is 0 Å². The number of hydrogen-bond donors (Lipinski definition) is 1. The van der Waals surface area contributed by atoms with Gasteiger partial charge in [0.1, 0.15) is 5.75 Å². The maximum absolute atomic E-state index is 6.04. The molecule has 1 saturated carbocycles. The Balaban J connectivity index is 1.59. The number of ether oxygens (including phenoxy) is 1. The molecule has 0 amide bonds. The second-order valence-corrected chi connectivity index (χ2v) is 6.00. The summed E-state index contributed by atoms with van der Waals surface area (Å²) in [7, 11) is 0. The van der Waals surface area contributed by atoms with Crippen molar-refractivity contribution in [3.8, 4) is 17.1 Å². The molecule has 1 aliphatic heterocycles. The van der Waals surface area contributed by atoms with Crippen LogP contribution in [0.4, 0.5) is 0 Å². The minimum atomic E-state index is 0.260. The van der Waals surface area contributed by atoms with Crippen LogP contribution in [0.15, 0.2) is 22.7 Å². The molecule has 2 unspecified atom stereocenters. The highest BCUT2D eigenvalue weighted by Gasteiger charge is 2.26. The van der Waals surface area contributed by atoms with Crippen LogP contribution in [0, 0.1) is 0 Å². The third-order valence-corrected chi connectivity index (χ3v) is 4.45. The van der Waals surface area contributed by atoms with Crippen LogP contribution in [0.1, 0.15) is 43.1 Å². The van der Waals surface area contributed by atoms with Gasteiger partial charge in [-0.15, -0.1) is 0 Å². The highest BCUT2D eigenvalue weighted by atomic mass is 16.5. The molecule has 5 heteroatoms. The molecule has 1 fully saturated rings. The Morgan fingerprint density at radius 2 is 2.19 bits per heavy atom. The van der Waals surface area contributed by atoms with Gasteiger partial charge in [0.15, 0.2) is 0 Å². The zero-order valence-electron chi connectivity index (χ0n) is 11.9. The molecule has 0 spiro atoms. The fraction of sp³-hybridized carbons (Fsp3) is 0.500. The van der Waals surface area contributed by atoms with Crippen LogP contribution in [0.5, 0.6) is 5.75 Å². The largest absolute Gasteiger partial charge is 0.493 e. The first-order valence-electron chi connectivity index (χ1n) is 7.65. The van der Waals surface area contributed by atoms with E-state index in [4.69, 9.17) is 15.0 Å². The normalized spacial score (nSPS) is 24.6. The number of rotatable bonds is 2. The summed E-state index contributed by atoms with van der Waals surface area (Å²) in [6.07, 6.45) is 5.22. The second-order valence-electron chi connectivity index (χ2n) is 6.00. The Morgan fingerprint density at radius 1 is 1.24 bits per heavy atom. The molecule has 21 heavy (non-hydrogen) atoms. The van der Waals surface area contributed by atoms with E-state index in [1.807, 2.05) is 12.1 Å². The van der Waals surface area contributed by atoms with Crippen LogP contribution in [0.3, 0.4) is 0 Å². The molecule has 2 aliphatic rings. The van der Waals surface area contributed by atoms with Gasteiger partial charge in [-0.1, -0.05) is 11.6 Å². The molecule has 0 bridgehead atoms. The first-order valence-corrected chi connectivity index (χ1v) is 7.65. The number of hydrogen-bond acceptors (Lipinski definition) is 5. The van der Waals surface area contributed by atoms with E-state index in [2.05, 4.69) is 16.2 Å². The summed E-state index contributed by atoms with van der Waals surface area (Å²) >= 11 is 0. The lowest BCUT2D eigenvalue weighted by atomic mass is 9.86. The standard InChI is InChI=1S/C16H19N3O2/c17-13-3-1-2-12(9-13)16-18-15(19-21-16)11-4-5-14-10(8-11)6-7-20-14/h4-5,8,12-13H,1-3,6-7,9,17H2. The van der Waals surface area contributed by atoms with Crippen molar-refractivity contribution in [2.75, 3.05) is 6.61 Å². The van der Waals surface area contributed by atoms with Gasteiger partial charge < -0.3 is 15.0 Å². The second kappa shape index (κ2) is 5.15. The molecule has 1 aromatic carbocycles. The molecule has 5 nitrogen and oxygen atoms in total. The molecule has 2 aromatic rings. The predicted molar refractivity (Wildman–Crippen MR) is 78.1 cm³/mol. The predicted octanol–water partition coefficient (Wildman–Crippen LogP) is 2.66. The molecular weight excluding hydrogens is 266 g/mol. The highest BCUT2D eigenvalue weighted by molar-refractivity contribution is 5.59. The Morgan fingerprint density at radius 3 is 3.10 bits per heavy atom. The van der Waals surface area contributed by atoms with E-state index >= 15 is 0 Å². The highest BCUT2D eigenvalue weighted by Crippen LogP contribution is 2.33. The van der Waals surface area contributed by atoms with Gasteiger partial charge in [0.05, 0.1) is 6.61 Å². The van der Waals surface area contributed by atoms with Gasteiger partial charge in [-0.2, -0.15) is 4.98 Å². The maximum atomic E-state index is 6.04. The van der Waals surface area contributed by atoms with Gasteiger partial charge in [-0.3, -0.25) is 0 Å². The lowest BCUT2D eigenvalue weighted by Gasteiger charge is -2.23. The van der Waals surface area contributed by atoms with E-state index in [9.17, 15) is 0 Å². The topological polar surface area (TPSA) is 74.2 Å². The van der Waals surface area contributed by atoms with Gasteiger partial charge in [0, 0.05) is 23.9 Å². The Bertz CT molecular complexity index is 653. The summed E-state index contributed by atoms with van der Waals surface area (Å²) in [5, 5.41) is 4.14. The monoisotopic (exact) mass is 285 g/mol. The fourth-order valence-electron chi connectivity index (χ4n) is 3.30. The van der Waals surface area contributed by atoms with Gasteiger partial charge in [0.2, 0.25) is 11.7 Å². The van der Waals surface area contributed by atoms with Crippen LogP contribution in [-0.2, 0) is 6.42 Å². The number of nitrogens with zero attached hydrogens (tertiary/aromatic N) is 2. The molecule has 2 N–H and O–H groups in total. The zero-order valence-corrected chi connectivity index (χ0v) is 11.9. The van der Waals surface area contributed by atoms with E-state index in [0.717, 1.165) is 55.9 Å². The van der Waals surface area contributed by atoms with Crippen LogP contribution in [0.25, 0.3) is 11.4 Å². The summed E-state index contributed by atoms with van der Waals surface area (Å²) < 4.78 is 11.0. The van der Waals surface area contributed by atoms with Crippen LogP contribution in [0.2, 0.25) is 0 Å². The van der Waals surface area contributed by atoms with Crippen molar-refractivity contribution in [3.05, 3.63) is 29.7 Å². The van der Waals surface area contributed by atoms with Crippen LogP contribution in [-0.4, -0.2) is 22.8 Å². The summed E-state index contributed by atoms with van der Waals surface area (Å²) in [5.74, 6) is 2.68. The number of fused-ring (bicyclic) bond motifs is 1. The first-order chi connectivity index (χ1) is 10.3. The number of benzene rings is 1. The van der Waals surface area contributed by atoms with E-state index in [-0.39, 0.29) is 6.04 Å². The third-order valence-electron chi connectivity index (χ3n) is 4.45. The van der Waals surface area contributed by atoms with Gasteiger partial charge >= 0.3 is 0 Å². The molecule has 1 aliphatic carbocycles. The summed E-state index contributed by atoms with van der Waals surface area (Å²) in [6, 6.07) is 6.34. The zero-order chi connectivity index (χ0) is 14.2. The molecule has 1 aromatic heterocycles. The van der Waals surface area contributed by atoms with Crippen molar-refractivity contribution in [1.82, 2.24) is 10.1 Å². The molecule has 0 saturated heterocycles. The van der Waals surface area contributed by atoms with Crippen molar-refractivity contribution < 1.29 is 9.26 Å². The molecule has 4 rings (SSSR count).